The first-order valence-electron chi connectivity index (χ1n) is 9.84. The van der Waals surface area contributed by atoms with Crippen molar-refractivity contribution < 1.29 is 4.79 Å². The molecule has 3 nitrogen and oxygen atoms in total. The third-order valence-electron chi connectivity index (χ3n) is 5.91. The molecule has 136 valence electrons. The summed E-state index contributed by atoms with van der Waals surface area (Å²) in [5.74, 6) is 1.13. The standard InChI is InChI=1S/C23H28N2O/c1-18-8-7-11-20(14-18)23(26)25-16-21(15-24-12-5-6-13-24)22(17-25)19-9-3-2-4-10-19/h2-4,7-11,14,21-22H,5-6,12-13,15-17H2,1H3. The first-order chi connectivity index (χ1) is 12.7. The van der Waals surface area contributed by atoms with Crippen molar-refractivity contribution in [2.24, 2.45) is 5.92 Å². The van der Waals surface area contributed by atoms with E-state index in [0.29, 0.717) is 11.8 Å². The zero-order valence-electron chi connectivity index (χ0n) is 15.6. The van der Waals surface area contributed by atoms with Gasteiger partial charge in [-0.25, -0.2) is 0 Å². The average Bonchev–Trinajstić information content (AvgIpc) is 3.32. The van der Waals surface area contributed by atoms with E-state index in [9.17, 15) is 4.79 Å². The summed E-state index contributed by atoms with van der Waals surface area (Å²) in [6, 6.07) is 18.7. The second kappa shape index (κ2) is 7.63. The van der Waals surface area contributed by atoms with Gasteiger partial charge in [-0.1, -0.05) is 48.0 Å². The van der Waals surface area contributed by atoms with Gasteiger partial charge in [0.25, 0.3) is 5.91 Å². The number of carbonyl (C=O) groups excluding carboxylic acids is 1. The largest absolute Gasteiger partial charge is 0.338 e. The Balaban J connectivity index is 1.55. The Morgan fingerprint density at radius 1 is 1.00 bits per heavy atom. The second-order valence-electron chi connectivity index (χ2n) is 7.86. The summed E-state index contributed by atoms with van der Waals surface area (Å²) in [7, 11) is 0. The van der Waals surface area contributed by atoms with Gasteiger partial charge in [0.15, 0.2) is 0 Å². The van der Waals surface area contributed by atoms with Gasteiger partial charge in [0, 0.05) is 31.1 Å². The Labute approximate surface area is 156 Å². The fraction of sp³-hybridized carbons (Fsp3) is 0.435. The molecule has 2 aliphatic heterocycles. The Kier molecular flexibility index (Phi) is 5.07. The molecule has 0 aliphatic carbocycles. The molecule has 1 amide bonds. The van der Waals surface area contributed by atoms with Crippen LogP contribution in [0.4, 0.5) is 0 Å². The Morgan fingerprint density at radius 3 is 2.50 bits per heavy atom. The molecular formula is C23H28N2O. The summed E-state index contributed by atoms with van der Waals surface area (Å²) in [5.41, 5.74) is 3.33. The highest BCUT2D eigenvalue weighted by Gasteiger charge is 2.37. The van der Waals surface area contributed by atoms with Crippen molar-refractivity contribution in [1.82, 2.24) is 9.80 Å². The van der Waals surface area contributed by atoms with Gasteiger partial charge in [0.2, 0.25) is 0 Å². The average molecular weight is 348 g/mol. The molecule has 2 fully saturated rings. The maximum Gasteiger partial charge on any atom is 0.253 e. The molecule has 0 radical (unpaired) electrons. The van der Waals surface area contributed by atoms with E-state index in [2.05, 4.69) is 40.1 Å². The number of likely N-dealkylation sites (tertiary alicyclic amines) is 2. The SMILES string of the molecule is Cc1cccc(C(=O)N2CC(CN3CCCC3)C(c3ccccc3)C2)c1. The Bertz CT molecular complexity index is 752. The highest BCUT2D eigenvalue weighted by Crippen LogP contribution is 2.34. The topological polar surface area (TPSA) is 23.6 Å². The van der Waals surface area contributed by atoms with E-state index in [1.54, 1.807) is 0 Å². The summed E-state index contributed by atoms with van der Waals surface area (Å²) >= 11 is 0. The molecule has 2 saturated heterocycles. The molecule has 0 N–H and O–H groups in total. The summed E-state index contributed by atoms with van der Waals surface area (Å²) < 4.78 is 0. The van der Waals surface area contributed by atoms with Crippen LogP contribution in [0.3, 0.4) is 0 Å². The zero-order valence-corrected chi connectivity index (χ0v) is 15.6. The first kappa shape index (κ1) is 17.3. The molecule has 2 unspecified atom stereocenters. The quantitative estimate of drug-likeness (QED) is 0.835. The van der Waals surface area contributed by atoms with E-state index in [4.69, 9.17) is 0 Å². The minimum absolute atomic E-state index is 0.179. The van der Waals surface area contributed by atoms with Crippen LogP contribution in [0, 0.1) is 12.8 Å². The van der Waals surface area contributed by atoms with Crippen molar-refractivity contribution in [3.63, 3.8) is 0 Å². The van der Waals surface area contributed by atoms with Crippen LogP contribution in [0.25, 0.3) is 0 Å². The Hall–Kier alpha value is -2.13. The highest BCUT2D eigenvalue weighted by molar-refractivity contribution is 5.94. The molecule has 2 heterocycles. The van der Waals surface area contributed by atoms with Crippen molar-refractivity contribution in [3.05, 3.63) is 71.3 Å². The van der Waals surface area contributed by atoms with Crippen LogP contribution in [0.2, 0.25) is 0 Å². The van der Waals surface area contributed by atoms with Gasteiger partial charge in [-0.2, -0.15) is 0 Å². The van der Waals surface area contributed by atoms with Crippen molar-refractivity contribution in [2.75, 3.05) is 32.7 Å². The molecule has 2 aliphatic rings. The predicted molar refractivity (Wildman–Crippen MR) is 105 cm³/mol. The van der Waals surface area contributed by atoms with E-state index >= 15 is 0 Å². The van der Waals surface area contributed by atoms with E-state index in [0.717, 1.165) is 30.8 Å². The smallest absolute Gasteiger partial charge is 0.253 e. The molecule has 4 rings (SSSR count). The lowest BCUT2D eigenvalue weighted by atomic mass is 9.88. The lowest BCUT2D eigenvalue weighted by molar-refractivity contribution is 0.0783. The molecule has 0 aromatic heterocycles. The maximum atomic E-state index is 13.1. The fourth-order valence-corrected chi connectivity index (χ4v) is 4.56. The van der Waals surface area contributed by atoms with Gasteiger partial charge < -0.3 is 9.80 Å². The van der Waals surface area contributed by atoms with Crippen LogP contribution in [0.5, 0.6) is 0 Å². The number of amides is 1. The molecule has 0 saturated carbocycles. The summed E-state index contributed by atoms with van der Waals surface area (Å²) in [6.07, 6.45) is 2.63. The lowest BCUT2D eigenvalue weighted by Crippen LogP contribution is -2.32. The van der Waals surface area contributed by atoms with Crippen molar-refractivity contribution in [3.8, 4) is 0 Å². The third kappa shape index (κ3) is 3.68. The summed E-state index contributed by atoms with van der Waals surface area (Å²) in [4.78, 5) is 17.7. The normalized spacial score (nSPS) is 23.5. The minimum Gasteiger partial charge on any atom is -0.338 e. The molecule has 0 spiro atoms. The van der Waals surface area contributed by atoms with Crippen molar-refractivity contribution in [2.45, 2.75) is 25.7 Å². The molecule has 2 aromatic rings. The molecule has 2 atom stereocenters. The summed E-state index contributed by atoms with van der Waals surface area (Å²) in [5, 5.41) is 0. The van der Waals surface area contributed by atoms with Crippen LogP contribution in [-0.2, 0) is 0 Å². The van der Waals surface area contributed by atoms with Crippen LogP contribution < -0.4 is 0 Å². The molecule has 3 heteroatoms. The van der Waals surface area contributed by atoms with E-state index in [1.165, 1.54) is 31.5 Å². The maximum absolute atomic E-state index is 13.1. The molecule has 0 bridgehead atoms. The number of nitrogens with zero attached hydrogens (tertiary/aromatic N) is 2. The second-order valence-corrected chi connectivity index (χ2v) is 7.86. The van der Waals surface area contributed by atoms with E-state index in [-0.39, 0.29) is 5.91 Å². The lowest BCUT2D eigenvalue weighted by Gasteiger charge is -2.24. The van der Waals surface area contributed by atoms with Gasteiger partial charge in [0.1, 0.15) is 0 Å². The molecule has 2 aromatic carbocycles. The fourth-order valence-electron chi connectivity index (χ4n) is 4.56. The highest BCUT2D eigenvalue weighted by atomic mass is 16.2. The number of benzene rings is 2. The number of hydrogen-bond donors (Lipinski definition) is 0. The van der Waals surface area contributed by atoms with Gasteiger partial charge in [-0.05, 0) is 56.5 Å². The molecular weight excluding hydrogens is 320 g/mol. The van der Waals surface area contributed by atoms with E-state index < -0.39 is 0 Å². The Morgan fingerprint density at radius 2 is 1.77 bits per heavy atom. The van der Waals surface area contributed by atoms with E-state index in [1.807, 2.05) is 31.2 Å². The first-order valence-corrected chi connectivity index (χ1v) is 9.84. The van der Waals surface area contributed by atoms with Crippen molar-refractivity contribution in [1.29, 1.82) is 0 Å². The van der Waals surface area contributed by atoms with Gasteiger partial charge >= 0.3 is 0 Å². The molecule has 26 heavy (non-hydrogen) atoms. The predicted octanol–water partition coefficient (Wildman–Crippen LogP) is 3.95. The van der Waals surface area contributed by atoms with Gasteiger partial charge in [-0.3, -0.25) is 4.79 Å². The number of carbonyl (C=O) groups is 1. The third-order valence-corrected chi connectivity index (χ3v) is 5.91. The number of hydrogen-bond acceptors (Lipinski definition) is 2. The van der Waals surface area contributed by atoms with Crippen LogP contribution in [0.15, 0.2) is 54.6 Å². The minimum atomic E-state index is 0.179. The number of aryl methyl sites for hydroxylation is 1. The van der Waals surface area contributed by atoms with Gasteiger partial charge in [0.05, 0.1) is 0 Å². The van der Waals surface area contributed by atoms with Gasteiger partial charge in [-0.15, -0.1) is 0 Å². The summed E-state index contributed by atoms with van der Waals surface area (Å²) in [6.45, 7) is 7.27. The van der Waals surface area contributed by atoms with Crippen LogP contribution in [-0.4, -0.2) is 48.4 Å². The van der Waals surface area contributed by atoms with Crippen molar-refractivity contribution >= 4 is 5.91 Å². The monoisotopic (exact) mass is 348 g/mol. The van der Waals surface area contributed by atoms with Crippen LogP contribution in [0.1, 0.15) is 40.2 Å². The number of rotatable bonds is 4. The zero-order chi connectivity index (χ0) is 17.9. The van der Waals surface area contributed by atoms with Crippen LogP contribution >= 0.6 is 0 Å².